The molecule has 2 N–H and O–H groups in total. The van der Waals surface area contributed by atoms with Crippen LogP contribution in [-0.4, -0.2) is 31.0 Å². The third-order valence-electron chi connectivity index (χ3n) is 3.58. The number of hydrogen-bond acceptors (Lipinski definition) is 4. The van der Waals surface area contributed by atoms with Crippen molar-refractivity contribution in [3.05, 3.63) is 23.8 Å². The zero-order valence-electron chi connectivity index (χ0n) is 15.3. The van der Waals surface area contributed by atoms with Crippen LogP contribution < -0.4 is 10.1 Å². The Bertz CT molecular complexity index is 502. The first-order chi connectivity index (χ1) is 11.4. The van der Waals surface area contributed by atoms with Crippen LogP contribution in [0.3, 0.4) is 0 Å². The summed E-state index contributed by atoms with van der Waals surface area (Å²) < 4.78 is 10.7. The molecule has 1 aromatic rings. The first kappa shape index (κ1) is 20.1. The minimum Gasteiger partial charge on any atom is -0.508 e. The van der Waals surface area contributed by atoms with Crippen molar-refractivity contribution in [3.8, 4) is 11.5 Å². The van der Waals surface area contributed by atoms with Crippen molar-refractivity contribution in [3.63, 3.8) is 0 Å². The van der Waals surface area contributed by atoms with E-state index in [1.165, 1.54) is 0 Å². The Balaban J connectivity index is 2.38. The van der Waals surface area contributed by atoms with E-state index in [2.05, 4.69) is 19.2 Å². The fourth-order valence-electron chi connectivity index (χ4n) is 2.25. The molecule has 1 rings (SSSR count). The van der Waals surface area contributed by atoms with Crippen LogP contribution in [0.5, 0.6) is 11.5 Å². The maximum atomic E-state index is 11.5. The summed E-state index contributed by atoms with van der Waals surface area (Å²) in [6, 6.07) is 5.31. The molecule has 5 heteroatoms. The van der Waals surface area contributed by atoms with Gasteiger partial charge in [0.15, 0.2) is 0 Å². The van der Waals surface area contributed by atoms with Gasteiger partial charge in [-0.2, -0.15) is 0 Å². The van der Waals surface area contributed by atoms with E-state index in [0.29, 0.717) is 43.8 Å². The summed E-state index contributed by atoms with van der Waals surface area (Å²) >= 11 is 0. The SMILES string of the molecule is CCCC(C)COc1ccc(CCNC(=O)OCC(C)C)c(O)c1. The van der Waals surface area contributed by atoms with Gasteiger partial charge in [-0.3, -0.25) is 0 Å². The second-order valence-corrected chi connectivity index (χ2v) is 6.66. The van der Waals surface area contributed by atoms with Crippen molar-refractivity contribution in [2.45, 2.75) is 47.0 Å². The first-order valence-electron chi connectivity index (χ1n) is 8.77. The Hall–Kier alpha value is -1.91. The highest BCUT2D eigenvalue weighted by atomic mass is 16.5. The summed E-state index contributed by atoms with van der Waals surface area (Å²) in [5, 5.41) is 12.8. The number of alkyl carbamates (subject to hydrolysis) is 1. The molecule has 0 aliphatic carbocycles. The van der Waals surface area contributed by atoms with E-state index in [1.54, 1.807) is 6.07 Å². The van der Waals surface area contributed by atoms with E-state index in [0.717, 1.165) is 18.4 Å². The molecule has 0 fully saturated rings. The summed E-state index contributed by atoms with van der Waals surface area (Å²) in [5.41, 5.74) is 0.771. The molecule has 1 atom stereocenters. The quantitative estimate of drug-likeness (QED) is 0.673. The van der Waals surface area contributed by atoms with Gasteiger partial charge in [0.2, 0.25) is 0 Å². The Kier molecular flexibility index (Phi) is 9.05. The fraction of sp³-hybridized carbons (Fsp3) is 0.632. The van der Waals surface area contributed by atoms with E-state index in [-0.39, 0.29) is 5.75 Å². The summed E-state index contributed by atoms with van der Waals surface area (Å²) in [6.45, 7) is 9.75. The van der Waals surface area contributed by atoms with Gasteiger partial charge in [-0.1, -0.05) is 40.2 Å². The van der Waals surface area contributed by atoms with Gasteiger partial charge < -0.3 is 19.9 Å². The molecule has 1 amide bonds. The molecule has 24 heavy (non-hydrogen) atoms. The van der Waals surface area contributed by atoms with E-state index in [9.17, 15) is 9.90 Å². The zero-order valence-corrected chi connectivity index (χ0v) is 15.3. The summed E-state index contributed by atoms with van der Waals surface area (Å²) in [7, 11) is 0. The number of hydrogen-bond donors (Lipinski definition) is 2. The van der Waals surface area contributed by atoms with E-state index >= 15 is 0 Å². The van der Waals surface area contributed by atoms with Crippen molar-refractivity contribution in [2.75, 3.05) is 19.8 Å². The normalized spacial score (nSPS) is 12.0. The van der Waals surface area contributed by atoms with Gasteiger partial charge in [0.1, 0.15) is 11.5 Å². The lowest BCUT2D eigenvalue weighted by Crippen LogP contribution is -2.27. The number of nitrogens with one attached hydrogen (secondary N) is 1. The Morgan fingerprint density at radius 2 is 2.00 bits per heavy atom. The predicted molar refractivity (Wildman–Crippen MR) is 95.6 cm³/mol. The van der Waals surface area contributed by atoms with Crippen LogP contribution >= 0.6 is 0 Å². The predicted octanol–water partition coefficient (Wildman–Crippen LogP) is 4.13. The van der Waals surface area contributed by atoms with Gasteiger partial charge in [-0.15, -0.1) is 0 Å². The van der Waals surface area contributed by atoms with Crippen LogP contribution in [0.15, 0.2) is 18.2 Å². The molecule has 0 aliphatic rings. The maximum Gasteiger partial charge on any atom is 0.407 e. The highest BCUT2D eigenvalue weighted by molar-refractivity contribution is 5.67. The molecule has 136 valence electrons. The van der Waals surface area contributed by atoms with Crippen LogP contribution in [0.2, 0.25) is 0 Å². The third-order valence-corrected chi connectivity index (χ3v) is 3.58. The molecule has 0 bridgehead atoms. The molecular formula is C19H31NO4. The van der Waals surface area contributed by atoms with Crippen molar-refractivity contribution in [1.82, 2.24) is 5.32 Å². The summed E-state index contributed by atoms with van der Waals surface area (Å²) in [5.74, 6) is 1.67. The number of benzene rings is 1. The molecular weight excluding hydrogens is 306 g/mol. The molecule has 1 unspecified atom stereocenters. The molecule has 0 aliphatic heterocycles. The van der Waals surface area contributed by atoms with Crippen LogP contribution in [0.4, 0.5) is 4.79 Å². The molecule has 1 aromatic carbocycles. The van der Waals surface area contributed by atoms with Crippen molar-refractivity contribution in [1.29, 1.82) is 0 Å². The number of aromatic hydroxyl groups is 1. The highest BCUT2D eigenvalue weighted by Crippen LogP contribution is 2.24. The second kappa shape index (κ2) is 10.8. The van der Waals surface area contributed by atoms with Crippen LogP contribution in [0.25, 0.3) is 0 Å². The molecule has 0 saturated carbocycles. The lowest BCUT2D eigenvalue weighted by molar-refractivity contribution is 0.133. The van der Waals surface area contributed by atoms with Gasteiger partial charge >= 0.3 is 6.09 Å². The third kappa shape index (κ3) is 8.09. The smallest absolute Gasteiger partial charge is 0.407 e. The minimum absolute atomic E-state index is 0.188. The molecule has 0 aromatic heterocycles. The average Bonchev–Trinajstić information content (AvgIpc) is 2.53. The number of phenols is 1. The molecule has 0 radical (unpaired) electrons. The minimum atomic E-state index is -0.423. The van der Waals surface area contributed by atoms with Gasteiger partial charge in [-0.25, -0.2) is 4.79 Å². The van der Waals surface area contributed by atoms with Crippen molar-refractivity contribution in [2.24, 2.45) is 11.8 Å². The van der Waals surface area contributed by atoms with Gasteiger partial charge in [0.25, 0.3) is 0 Å². The highest BCUT2D eigenvalue weighted by Gasteiger charge is 2.08. The number of rotatable bonds is 10. The number of carbonyl (C=O) groups is 1. The number of carbonyl (C=O) groups excluding carboxylic acids is 1. The molecule has 0 heterocycles. The molecule has 5 nitrogen and oxygen atoms in total. The van der Waals surface area contributed by atoms with E-state index in [1.807, 2.05) is 26.0 Å². The Labute approximate surface area is 145 Å². The van der Waals surface area contributed by atoms with Crippen LogP contribution in [0, 0.1) is 11.8 Å². The molecule has 0 saturated heterocycles. The van der Waals surface area contributed by atoms with Gasteiger partial charge in [-0.05, 0) is 36.3 Å². The average molecular weight is 337 g/mol. The number of ether oxygens (including phenoxy) is 2. The number of phenolic OH excluding ortho intramolecular Hbond substituents is 1. The number of amides is 1. The van der Waals surface area contributed by atoms with Crippen molar-refractivity contribution < 1.29 is 19.4 Å². The van der Waals surface area contributed by atoms with Crippen molar-refractivity contribution >= 4 is 6.09 Å². The monoisotopic (exact) mass is 337 g/mol. The topological polar surface area (TPSA) is 67.8 Å². The largest absolute Gasteiger partial charge is 0.508 e. The second-order valence-electron chi connectivity index (χ2n) is 6.66. The Morgan fingerprint density at radius 3 is 2.62 bits per heavy atom. The van der Waals surface area contributed by atoms with Crippen LogP contribution in [0.1, 0.15) is 46.1 Å². The van der Waals surface area contributed by atoms with Gasteiger partial charge in [0, 0.05) is 12.6 Å². The summed E-state index contributed by atoms with van der Waals surface area (Å²) in [6.07, 6.45) is 2.38. The van der Waals surface area contributed by atoms with E-state index < -0.39 is 6.09 Å². The van der Waals surface area contributed by atoms with E-state index in [4.69, 9.17) is 9.47 Å². The zero-order chi connectivity index (χ0) is 17.9. The standard InChI is InChI=1S/C19H31NO4/c1-5-6-15(4)13-23-17-8-7-16(18(21)11-17)9-10-20-19(22)24-12-14(2)3/h7-8,11,14-15,21H,5-6,9-10,12-13H2,1-4H3,(H,20,22). The first-order valence-corrected chi connectivity index (χ1v) is 8.77. The fourth-order valence-corrected chi connectivity index (χ4v) is 2.25. The maximum absolute atomic E-state index is 11.5. The lowest BCUT2D eigenvalue weighted by atomic mass is 10.1. The summed E-state index contributed by atoms with van der Waals surface area (Å²) in [4.78, 5) is 11.5. The van der Waals surface area contributed by atoms with Gasteiger partial charge in [0.05, 0.1) is 13.2 Å². The lowest BCUT2D eigenvalue weighted by Gasteiger charge is -2.13. The Morgan fingerprint density at radius 1 is 1.25 bits per heavy atom. The van der Waals surface area contributed by atoms with Crippen LogP contribution in [-0.2, 0) is 11.2 Å². The molecule has 0 spiro atoms.